The molecule has 0 atom stereocenters. The summed E-state index contributed by atoms with van der Waals surface area (Å²) in [6.07, 6.45) is 4.29. The first-order valence-electron chi connectivity index (χ1n) is 7.22. The predicted molar refractivity (Wildman–Crippen MR) is 71.9 cm³/mol. The minimum atomic E-state index is 0.250. The van der Waals surface area contributed by atoms with E-state index < -0.39 is 0 Å². The lowest BCUT2D eigenvalue weighted by Gasteiger charge is -2.34. The molecule has 0 aromatic rings. The van der Waals surface area contributed by atoms with E-state index in [0.717, 1.165) is 44.9 Å². The van der Waals surface area contributed by atoms with Crippen molar-refractivity contribution in [2.75, 3.05) is 26.2 Å². The monoisotopic (exact) mass is 240 g/mol. The Hall–Kier alpha value is -0.570. The first kappa shape index (κ1) is 14.5. The molecular weight excluding hydrogens is 212 g/mol. The van der Waals surface area contributed by atoms with Gasteiger partial charge in [-0.3, -0.25) is 4.79 Å². The molecule has 1 N–H and O–H groups in total. The van der Waals surface area contributed by atoms with Crippen LogP contribution >= 0.6 is 0 Å². The van der Waals surface area contributed by atoms with Crippen molar-refractivity contribution in [3.05, 3.63) is 0 Å². The average Bonchev–Trinajstić information content (AvgIpc) is 2.38. The van der Waals surface area contributed by atoms with Gasteiger partial charge in [-0.2, -0.15) is 0 Å². The number of nitrogens with zero attached hydrogens (tertiary/aromatic N) is 1. The number of nitrogens with one attached hydrogen (secondary N) is 1. The van der Waals surface area contributed by atoms with Crippen LogP contribution in [0.25, 0.3) is 0 Å². The zero-order valence-electron chi connectivity index (χ0n) is 11.7. The molecule has 0 aliphatic carbocycles. The summed E-state index contributed by atoms with van der Waals surface area (Å²) in [6, 6.07) is 0. The standard InChI is InChI=1S/C14H28N2O/c1-4-13(5-2)14(17)16-9-7-12(8-10-16)11-15-6-3/h12-13,15H,4-11H2,1-3H3. The molecule has 1 rings (SSSR count). The number of carbonyl (C=O) groups is 1. The van der Waals surface area contributed by atoms with E-state index in [1.54, 1.807) is 0 Å². The average molecular weight is 240 g/mol. The molecule has 0 aromatic carbocycles. The molecule has 0 spiro atoms. The largest absolute Gasteiger partial charge is 0.342 e. The number of rotatable bonds is 6. The van der Waals surface area contributed by atoms with Crippen LogP contribution in [0.5, 0.6) is 0 Å². The van der Waals surface area contributed by atoms with E-state index in [2.05, 4.69) is 31.0 Å². The summed E-state index contributed by atoms with van der Waals surface area (Å²) in [5.41, 5.74) is 0. The van der Waals surface area contributed by atoms with Gasteiger partial charge in [0.25, 0.3) is 0 Å². The van der Waals surface area contributed by atoms with E-state index in [1.165, 1.54) is 12.8 Å². The third kappa shape index (κ3) is 4.30. The third-order valence-corrected chi connectivity index (χ3v) is 3.94. The summed E-state index contributed by atoms with van der Waals surface area (Å²) < 4.78 is 0. The van der Waals surface area contributed by atoms with Gasteiger partial charge >= 0.3 is 0 Å². The highest BCUT2D eigenvalue weighted by atomic mass is 16.2. The first-order chi connectivity index (χ1) is 8.22. The van der Waals surface area contributed by atoms with Gasteiger partial charge in [0.1, 0.15) is 0 Å². The van der Waals surface area contributed by atoms with Crippen LogP contribution in [0.15, 0.2) is 0 Å². The lowest BCUT2D eigenvalue weighted by Crippen LogP contribution is -2.43. The molecule has 1 fully saturated rings. The maximum absolute atomic E-state index is 12.2. The van der Waals surface area contributed by atoms with Crippen LogP contribution in [-0.4, -0.2) is 37.0 Å². The van der Waals surface area contributed by atoms with Crippen molar-refractivity contribution in [2.45, 2.75) is 46.5 Å². The zero-order chi connectivity index (χ0) is 12.7. The Bertz CT molecular complexity index is 218. The van der Waals surface area contributed by atoms with Gasteiger partial charge in [0, 0.05) is 19.0 Å². The summed E-state index contributed by atoms with van der Waals surface area (Å²) in [6.45, 7) is 10.5. The van der Waals surface area contributed by atoms with Crippen LogP contribution < -0.4 is 5.32 Å². The molecule has 1 saturated heterocycles. The highest BCUT2D eigenvalue weighted by Gasteiger charge is 2.25. The first-order valence-corrected chi connectivity index (χ1v) is 7.22. The summed E-state index contributed by atoms with van der Waals surface area (Å²) in [5.74, 6) is 1.40. The van der Waals surface area contributed by atoms with Crippen molar-refractivity contribution in [3.8, 4) is 0 Å². The summed E-state index contributed by atoms with van der Waals surface area (Å²) >= 11 is 0. The van der Waals surface area contributed by atoms with E-state index >= 15 is 0 Å². The number of amides is 1. The molecule has 0 saturated carbocycles. The summed E-state index contributed by atoms with van der Waals surface area (Å²) in [4.78, 5) is 14.3. The smallest absolute Gasteiger partial charge is 0.225 e. The Morgan fingerprint density at radius 1 is 1.24 bits per heavy atom. The van der Waals surface area contributed by atoms with E-state index in [-0.39, 0.29) is 5.92 Å². The van der Waals surface area contributed by atoms with E-state index in [4.69, 9.17) is 0 Å². The molecule has 3 nitrogen and oxygen atoms in total. The highest BCUT2D eigenvalue weighted by molar-refractivity contribution is 5.78. The molecule has 3 heteroatoms. The molecule has 1 heterocycles. The van der Waals surface area contributed by atoms with Crippen molar-refractivity contribution in [1.82, 2.24) is 10.2 Å². The van der Waals surface area contributed by atoms with E-state index in [0.29, 0.717) is 5.91 Å². The van der Waals surface area contributed by atoms with Crippen LogP contribution in [-0.2, 0) is 4.79 Å². The van der Waals surface area contributed by atoms with Gasteiger partial charge in [-0.05, 0) is 44.7 Å². The molecule has 1 aliphatic heterocycles. The highest BCUT2D eigenvalue weighted by Crippen LogP contribution is 2.20. The molecule has 0 radical (unpaired) electrons. The quantitative estimate of drug-likeness (QED) is 0.772. The summed E-state index contributed by atoms with van der Waals surface area (Å²) in [5, 5.41) is 3.40. The second-order valence-electron chi connectivity index (χ2n) is 5.09. The van der Waals surface area contributed by atoms with Crippen molar-refractivity contribution in [3.63, 3.8) is 0 Å². The fourth-order valence-corrected chi connectivity index (χ4v) is 2.60. The lowest BCUT2D eigenvalue weighted by atomic mass is 9.94. The predicted octanol–water partition coefficient (Wildman–Crippen LogP) is 2.27. The SMILES string of the molecule is CCNCC1CCN(C(=O)C(CC)CC)CC1. The maximum Gasteiger partial charge on any atom is 0.225 e. The molecule has 1 amide bonds. The number of carbonyl (C=O) groups excluding carboxylic acids is 1. The second kappa shape index (κ2) is 7.70. The number of hydrogen-bond donors (Lipinski definition) is 1. The fraction of sp³-hybridized carbons (Fsp3) is 0.929. The Labute approximate surface area is 106 Å². The minimum Gasteiger partial charge on any atom is -0.342 e. The number of piperidine rings is 1. The van der Waals surface area contributed by atoms with Crippen LogP contribution in [0.1, 0.15) is 46.5 Å². The normalized spacial score (nSPS) is 17.8. The number of hydrogen-bond acceptors (Lipinski definition) is 2. The molecule has 1 aliphatic rings. The maximum atomic E-state index is 12.2. The molecule has 17 heavy (non-hydrogen) atoms. The Morgan fingerprint density at radius 3 is 2.29 bits per heavy atom. The topological polar surface area (TPSA) is 32.3 Å². The van der Waals surface area contributed by atoms with Crippen LogP contribution in [0, 0.1) is 11.8 Å². The van der Waals surface area contributed by atoms with Gasteiger partial charge < -0.3 is 10.2 Å². The van der Waals surface area contributed by atoms with Crippen LogP contribution in [0.2, 0.25) is 0 Å². The molecular formula is C14H28N2O. The van der Waals surface area contributed by atoms with E-state index in [1.807, 2.05) is 0 Å². The Morgan fingerprint density at radius 2 is 1.82 bits per heavy atom. The Balaban J connectivity index is 2.33. The van der Waals surface area contributed by atoms with Gasteiger partial charge in [-0.15, -0.1) is 0 Å². The lowest BCUT2D eigenvalue weighted by molar-refractivity contribution is -0.137. The zero-order valence-corrected chi connectivity index (χ0v) is 11.7. The minimum absolute atomic E-state index is 0.250. The second-order valence-corrected chi connectivity index (χ2v) is 5.09. The van der Waals surface area contributed by atoms with Gasteiger partial charge in [-0.1, -0.05) is 20.8 Å². The molecule has 0 unspecified atom stereocenters. The van der Waals surface area contributed by atoms with Gasteiger partial charge in [0.2, 0.25) is 5.91 Å². The third-order valence-electron chi connectivity index (χ3n) is 3.94. The van der Waals surface area contributed by atoms with Gasteiger partial charge in [-0.25, -0.2) is 0 Å². The van der Waals surface area contributed by atoms with Crippen LogP contribution in [0.3, 0.4) is 0 Å². The van der Waals surface area contributed by atoms with Crippen molar-refractivity contribution >= 4 is 5.91 Å². The molecule has 100 valence electrons. The Kier molecular flexibility index (Phi) is 6.56. The van der Waals surface area contributed by atoms with Crippen molar-refractivity contribution in [2.24, 2.45) is 11.8 Å². The number of likely N-dealkylation sites (tertiary alicyclic amines) is 1. The van der Waals surface area contributed by atoms with Gasteiger partial charge in [0.05, 0.1) is 0 Å². The van der Waals surface area contributed by atoms with Crippen LogP contribution in [0.4, 0.5) is 0 Å². The fourth-order valence-electron chi connectivity index (χ4n) is 2.60. The summed E-state index contributed by atoms with van der Waals surface area (Å²) in [7, 11) is 0. The van der Waals surface area contributed by atoms with E-state index in [9.17, 15) is 4.79 Å². The molecule has 0 aromatic heterocycles. The van der Waals surface area contributed by atoms with Gasteiger partial charge in [0.15, 0.2) is 0 Å². The van der Waals surface area contributed by atoms with Crippen molar-refractivity contribution in [1.29, 1.82) is 0 Å². The van der Waals surface area contributed by atoms with Crippen molar-refractivity contribution < 1.29 is 4.79 Å². The molecule has 0 bridgehead atoms.